The van der Waals surface area contributed by atoms with Gasteiger partial charge in [-0.2, -0.15) is 0 Å². The van der Waals surface area contributed by atoms with Crippen LogP contribution in [0.1, 0.15) is 299 Å². The Labute approximate surface area is 498 Å². The number of rotatable bonds is 60. The van der Waals surface area contributed by atoms with Crippen molar-refractivity contribution in [1.29, 1.82) is 0 Å². The van der Waals surface area contributed by atoms with Crippen molar-refractivity contribution in [3.63, 3.8) is 0 Å². The van der Waals surface area contributed by atoms with Crippen LogP contribution in [0, 0.1) is 23.7 Å². The molecule has 0 aromatic heterocycles. The quantitative estimate of drug-likeness (QED) is 0.0222. The number of aliphatic hydroxyl groups excluding tert-OH is 1. The third kappa shape index (κ3) is 54.7. The van der Waals surface area contributed by atoms with Gasteiger partial charge in [-0.25, -0.2) is 9.13 Å². The van der Waals surface area contributed by atoms with E-state index in [9.17, 15) is 43.2 Å². The summed E-state index contributed by atoms with van der Waals surface area (Å²) in [6.45, 7) is 13.9. The fourth-order valence-corrected chi connectivity index (χ4v) is 10.8. The van der Waals surface area contributed by atoms with Gasteiger partial charge in [-0.05, 0) is 49.4 Å². The van der Waals surface area contributed by atoms with E-state index in [-0.39, 0.29) is 25.7 Å². The second kappa shape index (κ2) is 53.3. The molecular weight excluding hydrogens is 1090 g/mol. The largest absolute Gasteiger partial charge is 0.472 e. The second-order valence-electron chi connectivity index (χ2n) is 24.2. The van der Waals surface area contributed by atoms with E-state index in [0.717, 1.165) is 114 Å². The van der Waals surface area contributed by atoms with Gasteiger partial charge in [0.15, 0.2) is 12.2 Å². The van der Waals surface area contributed by atoms with Crippen LogP contribution >= 0.6 is 15.6 Å². The second-order valence-corrected chi connectivity index (χ2v) is 27.1. The van der Waals surface area contributed by atoms with Crippen LogP contribution in [0.15, 0.2) is 0 Å². The van der Waals surface area contributed by atoms with Crippen LogP contribution in [0.2, 0.25) is 0 Å². The molecule has 19 heteroatoms. The lowest BCUT2D eigenvalue weighted by Crippen LogP contribution is -2.30. The number of ether oxygens (including phenoxy) is 4. The summed E-state index contributed by atoms with van der Waals surface area (Å²) in [6, 6.07) is 0. The molecule has 0 saturated heterocycles. The van der Waals surface area contributed by atoms with Crippen LogP contribution in [-0.2, 0) is 65.4 Å². The molecule has 0 aliphatic carbocycles. The Morgan fingerprint density at radius 1 is 0.341 bits per heavy atom. The highest BCUT2D eigenvalue weighted by Gasteiger charge is 2.30. The van der Waals surface area contributed by atoms with Gasteiger partial charge in [0.1, 0.15) is 19.3 Å². The van der Waals surface area contributed by atoms with Gasteiger partial charge in [0.25, 0.3) is 0 Å². The number of hydrogen-bond acceptors (Lipinski definition) is 15. The molecule has 0 bridgehead atoms. The zero-order chi connectivity index (χ0) is 61.1. The van der Waals surface area contributed by atoms with E-state index in [2.05, 4.69) is 55.4 Å². The molecule has 0 aromatic rings. The van der Waals surface area contributed by atoms with Crippen LogP contribution in [0.5, 0.6) is 0 Å². The predicted molar refractivity (Wildman–Crippen MR) is 326 cm³/mol. The number of unbranched alkanes of at least 4 members (excludes halogenated alkanes) is 24. The number of phosphoric acid groups is 2. The Morgan fingerprint density at radius 2 is 0.585 bits per heavy atom. The van der Waals surface area contributed by atoms with Gasteiger partial charge in [-0.15, -0.1) is 0 Å². The fourth-order valence-electron chi connectivity index (χ4n) is 9.19. The molecule has 82 heavy (non-hydrogen) atoms. The van der Waals surface area contributed by atoms with Crippen LogP contribution in [0.3, 0.4) is 0 Å². The summed E-state index contributed by atoms with van der Waals surface area (Å²) in [6.07, 6.45) is 32.3. The molecule has 0 heterocycles. The van der Waals surface area contributed by atoms with Crippen molar-refractivity contribution in [2.45, 2.75) is 318 Å². The van der Waals surface area contributed by atoms with Crippen LogP contribution in [0.4, 0.5) is 0 Å². The first-order valence-electron chi connectivity index (χ1n) is 32.8. The number of carbonyl (C=O) groups is 4. The minimum atomic E-state index is -4.94. The van der Waals surface area contributed by atoms with Gasteiger partial charge in [0, 0.05) is 25.7 Å². The molecule has 3 N–H and O–H groups in total. The highest BCUT2D eigenvalue weighted by Crippen LogP contribution is 2.45. The van der Waals surface area contributed by atoms with E-state index in [1.165, 1.54) is 96.3 Å². The van der Waals surface area contributed by atoms with E-state index in [1.807, 2.05) is 0 Å². The molecule has 17 nitrogen and oxygen atoms in total. The highest BCUT2D eigenvalue weighted by molar-refractivity contribution is 7.47. The number of esters is 4. The monoisotopic (exact) mass is 1210 g/mol. The number of phosphoric ester groups is 2. The van der Waals surface area contributed by atoms with Crippen molar-refractivity contribution < 1.29 is 80.2 Å². The molecule has 7 atom stereocenters. The van der Waals surface area contributed by atoms with Crippen LogP contribution in [0.25, 0.3) is 0 Å². The molecule has 0 aliphatic heterocycles. The highest BCUT2D eigenvalue weighted by atomic mass is 31.2. The predicted octanol–water partition coefficient (Wildman–Crippen LogP) is 17.0. The van der Waals surface area contributed by atoms with Crippen molar-refractivity contribution >= 4 is 39.5 Å². The average Bonchev–Trinajstić information content (AvgIpc) is 3.45. The summed E-state index contributed by atoms with van der Waals surface area (Å²) in [5.41, 5.74) is 0. The van der Waals surface area contributed by atoms with E-state index in [1.54, 1.807) is 0 Å². The third-order valence-electron chi connectivity index (χ3n) is 15.0. The molecule has 0 saturated carbocycles. The van der Waals surface area contributed by atoms with Gasteiger partial charge in [0.2, 0.25) is 0 Å². The molecule has 0 rings (SSSR count). The van der Waals surface area contributed by atoms with Gasteiger partial charge >= 0.3 is 39.5 Å². The Bertz CT molecular complexity index is 1650. The molecule has 4 unspecified atom stereocenters. The van der Waals surface area contributed by atoms with Crippen molar-refractivity contribution in [2.24, 2.45) is 23.7 Å². The number of hydrogen-bond donors (Lipinski definition) is 3. The van der Waals surface area contributed by atoms with Gasteiger partial charge in [0.05, 0.1) is 26.4 Å². The smallest absolute Gasteiger partial charge is 0.462 e. The molecule has 0 spiro atoms. The zero-order valence-electron chi connectivity index (χ0n) is 53.1. The maximum atomic E-state index is 13.0. The van der Waals surface area contributed by atoms with E-state index >= 15 is 0 Å². The van der Waals surface area contributed by atoms with E-state index in [4.69, 9.17) is 37.0 Å². The van der Waals surface area contributed by atoms with Crippen molar-refractivity contribution in [1.82, 2.24) is 0 Å². The summed E-state index contributed by atoms with van der Waals surface area (Å²) in [4.78, 5) is 72.1. The lowest BCUT2D eigenvalue weighted by molar-refractivity contribution is -0.161. The van der Waals surface area contributed by atoms with Gasteiger partial charge in [-0.3, -0.25) is 37.3 Å². The van der Waals surface area contributed by atoms with Crippen molar-refractivity contribution in [3.05, 3.63) is 0 Å². The third-order valence-corrected chi connectivity index (χ3v) is 16.9. The van der Waals surface area contributed by atoms with Crippen LogP contribution < -0.4 is 0 Å². The normalized spacial score (nSPS) is 15.1. The summed E-state index contributed by atoms with van der Waals surface area (Å²) in [5, 5.41) is 10.5. The average molecular weight is 1210 g/mol. The lowest BCUT2D eigenvalue weighted by atomic mass is 10.00. The molecule has 0 radical (unpaired) electrons. The first kappa shape index (κ1) is 80.1. The topological polar surface area (TPSA) is 237 Å². The Kier molecular flexibility index (Phi) is 52.0. The molecule has 0 amide bonds. The van der Waals surface area contributed by atoms with Crippen molar-refractivity contribution in [2.75, 3.05) is 39.6 Å². The Balaban J connectivity index is 5.25. The van der Waals surface area contributed by atoms with Gasteiger partial charge < -0.3 is 33.8 Å². The van der Waals surface area contributed by atoms with E-state index in [0.29, 0.717) is 31.6 Å². The molecule has 0 aliphatic rings. The maximum absolute atomic E-state index is 13.0. The standard InChI is InChI=1S/C63H122O17P2/c1-9-55(7)41-33-25-18-21-29-37-45-62(67)79-58(49-73-60(65)43-35-27-16-14-12-11-13-15-23-31-39-53(3)4)51-77-81(69,70)75-47-57(64)48-76-82(71,72)78-52-59(50-74-61(66)44-36-28-20-17-24-32-40-54(5)6)80-63(68)46-38-30-22-19-26-34-42-56(8)10-2/h53-59,64H,9-52H2,1-8H3,(H,69,70)(H,71,72)/t55?,56?,57-,58-,59-/m1/s1. The SMILES string of the molecule is CCC(C)CCCCCCCCC(=O)O[C@H](COC(=O)CCCCCCCCCCCCC(C)C)COP(=O)(O)OC[C@@H](O)COP(=O)(O)OC[C@@H](COC(=O)CCCCCCCCC(C)C)OC(=O)CCCCCCCCC(C)CC. The first-order chi connectivity index (χ1) is 39.2. The molecule has 0 fully saturated rings. The van der Waals surface area contributed by atoms with E-state index < -0.39 is 97.5 Å². The molecule has 0 aromatic carbocycles. The minimum Gasteiger partial charge on any atom is -0.462 e. The zero-order valence-corrected chi connectivity index (χ0v) is 54.9. The Morgan fingerprint density at radius 3 is 0.866 bits per heavy atom. The minimum absolute atomic E-state index is 0.101. The lowest BCUT2D eigenvalue weighted by Gasteiger charge is -2.21. The van der Waals surface area contributed by atoms with Crippen LogP contribution in [-0.4, -0.2) is 96.7 Å². The Hall–Kier alpha value is -1.94. The molecule has 486 valence electrons. The summed E-state index contributed by atoms with van der Waals surface area (Å²) in [5.74, 6) is 0.732. The number of aliphatic hydroxyl groups is 1. The van der Waals surface area contributed by atoms with Crippen molar-refractivity contribution in [3.8, 4) is 0 Å². The maximum Gasteiger partial charge on any atom is 0.472 e. The summed E-state index contributed by atoms with van der Waals surface area (Å²) >= 11 is 0. The summed E-state index contributed by atoms with van der Waals surface area (Å²) in [7, 11) is -9.89. The molecular formula is C63H122O17P2. The first-order valence-corrected chi connectivity index (χ1v) is 35.8. The summed E-state index contributed by atoms with van der Waals surface area (Å²) < 4.78 is 67.9. The van der Waals surface area contributed by atoms with Gasteiger partial charge in [-0.1, -0.05) is 248 Å². The fraction of sp³-hybridized carbons (Fsp3) is 0.937. The number of carbonyl (C=O) groups excluding carboxylic acids is 4.